The van der Waals surface area contributed by atoms with Gasteiger partial charge in [0, 0.05) is 13.2 Å². The van der Waals surface area contributed by atoms with Crippen LogP contribution in [-0.4, -0.2) is 11.1 Å². The third kappa shape index (κ3) is 1.77. The van der Waals surface area contributed by atoms with E-state index in [9.17, 15) is 0 Å². The van der Waals surface area contributed by atoms with Crippen LogP contribution in [0.4, 0.5) is 0 Å². The van der Waals surface area contributed by atoms with Gasteiger partial charge in [0.1, 0.15) is 0 Å². The van der Waals surface area contributed by atoms with Gasteiger partial charge in [-0.05, 0) is 35.9 Å². The van der Waals surface area contributed by atoms with E-state index in [1.54, 1.807) is 0 Å². The van der Waals surface area contributed by atoms with Gasteiger partial charge in [-0.15, -0.1) is 0 Å². The number of aromatic nitrogens is 1. The molecule has 80 valence electrons. The molecule has 0 saturated carbocycles. The van der Waals surface area contributed by atoms with Gasteiger partial charge < -0.3 is 10.3 Å². The summed E-state index contributed by atoms with van der Waals surface area (Å²) in [6.07, 6.45) is 3.16. The number of hydrogen-bond donors (Lipinski definition) is 1. The van der Waals surface area contributed by atoms with E-state index >= 15 is 0 Å². The van der Waals surface area contributed by atoms with E-state index in [-0.39, 0.29) is 0 Å². The van der Waals surface area contributed by atoms with E-state index in [2.05, 4.69) is 49.0 Å². The highest BCUT2D eigenvalue weighted by Gasteiger charge is 2.10. The number of fused-ring (bicyclic) bond motifs is 1. The van der Waals surface area contributed by atoms with E-state index in [1.165, 1.54) is 16.5 Å². The maximum absolute atomic E-state index is 5.62. The third-order valence-corrected chi connectivity index (χ3v) is 3.06. The fraction of sp³-hybridized carbons (Fsp3) is 0.385. The number of aryl methyl sites for hydroxylation is 1. The van der Waals surface area contributed by atoms with E-state index in [1.807, 2.05) is 0 Å². The Labute approximate surface area is 90.7 Å². The van der Waals surface area contributed by atoms with Gasteiger partial charge in [0.15, 0.2) is 0 Å². The molecule has 2 N–H and O–H groups in total. The van der Waals surface area contributed by atoms with Gasteiger partial charge in [0.05, 0.1) is 5.52 Å². The zero-order valence-corrected chi connectivity index (χ0v) is 9.40. The molecule has 0 aliphatic heterocycles. The van der Waals surface area contributed by atoms with Crippen LogP contribution in [-0.2, 0) is 7.05 Å². The summed E-state index contributed by atoms with van der Waals surface area (Å²) in [6, 6.07) is 8.66. The largest absolute Gasteiger partial charge is 0.350 e. The lowest BCUT2D eigenvalue weighted by Gasteiger charge is -2.13. The second-order valence-corrected chi connectivity index (χ2v) is 4.19. The van der Waals surface area contributed by atoms with Crippen molar-refractivity contribution in [3.05, 3.63) is 36.0 Å². The van der Waals surface area contributed by atoms with Crippen LogP contribution >= 0.6 is 0 Å². The molecule has 1 aromatic carbocycles. The van der Waals surface area contributed by atoms with Gasteiger partial charge >= 0.3 is 0 Å². The Morgan fingerprint density at radius 1 is 1.33 bits per heavy atom. The topological polar surface area (TPSA) is 30.9 Å². The summed E-state index contributed by atoms with van der Waals surface area (Å²) in [7, 11) is 2.10. The summed E-state index contributed by atoms with van der Waals surface area (Å²) in [5, 5.41) is 1.32. The first kappa shape index (κ1) is 10.2. The van der Waals surface area contributed by atoms with Gasteiger partial charge in [-0.1, -0.05) is 25.1 Å². The minimum absolute atomic E-state index is 0.535. The van der Waals surface area contributed by atoms with Crippen molar-refractivity contribution in [2.45, 2.75) is 19.3 Å². The Morgan fingerprint density at radius 3 is 2.87 bits per heavy atom. The van der Waals surface area contributed by atoms with E-state index < -0.39 is 0 Å². The van der Waals surface area contributed by atoms with Crippen molar-refractivity contribution in [1.82, 2.24) is 4.57 Å². The molecule has 2 rings (SSSR count). The molecule has 0 aliphatic rings. The standard InChI is InChI=1S/C13H18N2/c1-10(6-8-14)12-5-3-4-11-7-9-15(2)13(11)12/h3-5,7,9-10H,6,8,14H2,1-2H3. The van der Waals surface area contributed by atoms with Crippen LogP contribution in [0.3, 0.4) is 0 Å². The summed E-state index contributed by atoms with van der Waals surface area (Å²) in [5.41, 5.74) is 8.37. The van der Waals surface area contributed by atoms with Gasteiger partial charge in [0.25, 0.3) is 0 Å². The zero-order valence-electron chi connectivity index (χ0n) is 9.40. The highest BCUT2D eigenvalue weighted by atomic mass is 14.9. The number of nitrogens with two attached hydrogens (primary N) is 1. The third-order valence-electron chi connectivity index (χ3n) is 3.06. The van der Waals surface area contributed by atoms with Crippen molar-refractivity contribution in [3.63, 3.8) is 0 Å². The molecule has 2 aromatic rings. The Balaban J connectivity index is 2.54. The first-order valence-corrected chi connectivity index (χ1v) is 5.48. The molecule has 0 amide bonds. The number of rotatable bonds is 3. The smallest absolute Gasteiger partial charge is 0.0512 e. The van der Waals surface area contributed by atoms with Crippen molar-refractivity contribution < 1.29 is 0 Å². The molecule has 0 aliphatic carbocycles. The Bertz CT molecular complexity index is 457. The van der Waals surface area contributed by atoms with Crippen LogP contribution in [0.2, 0.25) is 0 Å². The van der Waals surface area contributed by atoms with E-state index in [0.717, 1.165) is 13.0 Å². The summed E-state index contributed by atoms with van der Waals surface area (Å²) in [6.45, 7) is 3.00. The zero-order chi connectivity index (χ0) is 10.8. The lowest BCUT2D eigenvalue weighted by Crippen LogP contribution is -2.05. The quantitative estimate of drug-likeness (QED) is 0.815. The molecule has 1 unspecified atom stereocenters. The Hall–Kier alpha value is -1.28. The predicted molar refractivity (Wildman–Crippen MR) is 65.0 cm³/mol. The molecule has 2 nitrogen and oxygen atoms in total. The Kier molecular flexibility index (Phi) is 2.78. The van der Waals surface area contributed by atoms with Crippen LogP contribution in [0.25, 0.3) is 10.9 Å². The normalized spacial score (nSPS) is 13.3. The summed E-state index contributed by atoms with van der Waals surface area (Å²) >= 11 is 0. The first-order valence-electron chi connectivity index (χ1n) is 5.48. The van der Waals surface area contributed by atoms with E-state index in [0.29, 0.717) is 5.92 Å². The fourth-order valence-corrected chi connectivity index (χ4v) is 2.19. The maximum Gasteiger partial charge on any atom is 0.0512 e. The van der Waals surface area contributed by atoms with Gasteiger partial charge in [-0.3, -0.25) is 0 Å². The van der Waals surface area contributed by atoms with Crippen molar-refractivity contribution >= 4 is 10.9 Å². The number of hydrogen-bond acceptors (Lipinski definition) is 1. The minimum Gasteiger partial charge on any atom is -0.350 e. The molecule has 0 spiro atoms. The highest BCUT2D eigenvalue weighted by molar-refractivity contribution is 5.83. The van der Waals surface area contributed by atoms with Crippen LogP contribution in [0, 0.1) is 0 Å². The Morgan fingerprint density at radius 2 is 2.13 bits per heavy atom. The van der Waals surface area contributed by atoms with Crippen molar-refractivity contribution in [3.8, 4) is 0 Å². The van der Waals surface area contributed by atoms with Gasteiger partial charge in [-0.25, -0.2) is 0 Å². The van der Waals surface area contributed by atoms with Crippen LogP contribution in [0.1, 0.15) is 24.8 Å². The molecule has 0 fully saturated rings. The molecule has 1 heterocycles. The lowest BCUT2D eigenvalue weighted by molar-refractivity contribution is 0.691. The molecule has 1 atom stereocenters. The maximum atomic E-state index is 5.62. The summed E-state index contributed by atoms with van der Waals surface area (Å²) in [5.74, 6) is 0.535. The predicted octanol–water partition coefficient (Wildman–Crippen LogP) is 2.63. The highest BCUT2D eigenvalue weighted by Crippen LogP contribution is 2.27. The summed E-state index contributed by atoms with van der Waals surface area (Å²) in [4.78, 5) is 0. The van der Waals surface area contributed by atoms with Crippen molar-refractivity contribution in [1.29, 1.82) is 0 Å². The van der Waals surface area contributed by atoms with Crippen molar-refractivity contribution in [2.24, 2.45) is 12.8 Å². The molecule has 1 aromatic heterocycles. The molecule has 0 saturated heterocycles. The minimum atomic E-state index is 0.535. The van der Waals surface area contributed by atoms with Crippen molar-refractivity contribution in [2.75, 3.05) is 6.54 Å². The average Bonchev–Trinajstić information content (AvgIpc) is 2.61. The molecule has 0 radical (unpaired) electrons. The second kappa shape index (κ2) is 4.07. The lowest BCUT2D eigenvalue weighted by atomic mass is 9.96. The summed E-state index contributed by atoms with van der Waals surface area (Å²) < 4.78 is 2.19. The SMILES string of the molecule is CC(CCN)c1cccc2ccn(C)c12. The second-order valence-electron chi connectivity index (χ2n) is 4.19. The van der Waals surface area contributed by atoms with Gasteiger partial charge in [-0.2, -0.15) is 0 Å². The van der Waals surface area contributed by atoms with E-state index in [4.69, 9.17) is 5.73 Å². The molecule has 0 bridgehead atoms. The number of para-hydroxylation sites is 1. The first-order chi connectivity index (χ1) is 7.24. The fourth-order valence-electron chi connectivity index (χ4n) is 2.19. The van der Waals surface area contributed by atoms with Crippen LogP contribution < -0.4 is 5.73 Å². The molecule has 2 heteroatoms. The average molecular weight is 202 g/mol. The monoisotopic (exact) mass is 202 g/mol. The van der Waals surface area contributed by atoms with Crippen LogP contribution in [0.5, 0.6) is 0 Å². The van der Waals surface area contributed by atoms with Gasteiger partial charge in [0.2, 0.25) is 0 Å². The number of nitrogens with zero attached hydrogens (tertiary/aromatic N) is 1. The molecular formula is C13H18N2. The number of benzene rings is 1. The van der Waals surface area contributed by atoms with Crippen LogP contribution in [0.15, 0.2) is 30.5 Å². The molecule has 15 heavy (non-hydrogen) atoms. The molecular weight excluding hydrogens is 184 g/mol.